The Morgan fingerprint density at radius 2 is 1.93 bits per heavy atom. The molecule has 1 aliphatic heterocycles. The smallest absolute Gasteiger partial charge is 0.224 e. The summed E-state index contributed by atoms with van der Waals surface area (Å²) in [6, 6.07) is 8.01. The number of morpholine rings is 1. The van der Waals surface area contributed by atoms with Gasteiger partial charge in [0.05, 0.1) is 37.8 Å². The molecule has 6 nitrogen and oxygen atoms in total. The van der Waals surface area contributed by atoms with Crippen molar-refractivity contribution in [3.05, 3.63) is 34.5 Å². The van der Waals surface area contributed by atoms with E-state index in [0.717, 1.165) is 37.4 Å². The van der Waals surface area contributed by atoms with Crippen molar-refractivity contribution in [3.63, 3.8) is 0 Å². The molecule has 0 radical (unpaired) electrons. The van der Waals surface area contributed by atoms with Gasteiger partial charge in [0.2, 0.25) is 5.91 Å². The SMILES string of the molecule is CCOc1cc(N2CCOCC2)c(OCC)cc1NC(=O)CCCc1cccs1. The first-order valence-corrected chi connectivity index (χ1v) is 11.2. The van der Waals surface area contributed by atoms with Gasteiger partial charge in [0.1, 0.15) is 11.5 Å². The summed E-state index contributed by atoms with van der Waals surface area (Å²) >= 11 is 1.73. The molecule has 158 valence electrons. The first-order valence-electron chi connectivity index (χ1n) is 10.3. The number of hydrogen-bond acceptors (Lipinski definition) is 6. The highest BCUT2D eigenvalue weighted by atomic mass is 32.1. The maximum Gasteiger partial charge on any atom is 0.224 e. The first-order chi connectivity index (χ1) is 14.2. The Labute approximate surface area is 176 Å². The van der Waals surface area contributed by atoms with Gasteiger partial charge in [0.15, 0.2) is 0 Å². The van der Waals surface area contributed by atoms with E-state index in [2.05, 4.69) is 21.7 Å². The molecular weight excluding hydrogens is 388 g/mol. The van der Waals surface area contributed by atoms with E-state index in [1.54, 1.807) is 11.3 Å². The third-order valence-corrected chi connectivity index (χ3v) is 5.63. The fraction of sp³-hybridized carbons (Fsp3) is 0.500. The minimum absolute atomic E-state index is 0.0101. The fourth-order valence-corrected chi connectivity index (χ4v) is 4.09. The molecule has 7 heteroatoms. The van der Waals surface area contributed by atoms with E-state index in [1.807, 2.05) is 32.0 Å². The lowest BCUT2D eigenvalue weighted by Gasteiger charge is -2.31. The number of nitrogens with one attached hydrogen (secondary N) is 1. The number of ether oxygens (including phenoxy) is 3. The summed E-state index contributed by atoms with van der Waals surface area (Å²) in [6.07, 6.45) is 2.21. The van der Waals surface area contributed by atoms with Gasteiger partial charge in [0, 0.05) is 36.5 Å². The maximum atomic E-state index is 12.5. The Morgan fingerprint density at radius 3 is 2.62 bits per heavy atom. The molecule has 1 saturated heterocycles. The minimum atomic E-state index is -0.0101. The van der Waals surface area contributed by atoms with Crippen molar-refractivity contribution in [1.29, 1.82) is 0 Å². The van der Waals surface area contributed by atoms with E-state index in [1.165, 1.54) is 4.88 Å². The Balaban J connectivity index is 1.73. The van der Waals surface area contributed by atoms with Crippen molar-refractivity contribution in [2.24, 2.45) is 0 Å². The Bertz CT molecular complexity index is 773. The van der Waals surface area contributed by atoms with Crippen molar-refractivity contribution in [2.45, 2.75) is 33.1 Å². The number of carbonyl (C=O) groups is 1. The van der Waals surface area contributed by atoms with E-state index in [4.69, 9.17) is 14.2 Å². The van der Waals surface area contributed by atoms with Crippen LogP contribution in [-0.2, 0) is 16.0 Å². The summed E-state index contributed by atoms with van der Waals surface area (Å²) < 4.78 is 17.2. The number of thiophene rings is 1. The molecule has 0 bridgehead atoms. The molecule has 0 saturated carbocycles. The molecule has 0 atom stereocenters. The quantitative estimate of drug-likeness (QED) is 0.622. The largest absolute Gasteiger partial charge is 0.492 e. The lowest BCUT2D eigenvalue weighted by atomic mass is 10.1. The zero-order chi connectivity index (χ0) is 20.5. The molecule has 1 N–H and O–H groups in total. The van der Waals surface area contributed by atoms with E-state index in [-0.39, 0.29) is 5.91 Å². The van der Waals surface area contributed by atoms with E-state index < -0.39 is 0 Å². The van der Waals surface area contributed by atoms with Gasteiger partial charge in [0.25, 0.3) is 0 Å². The standard InChI is InChI=1S/C22H30N2O4S/c1-3-27-20-16-19(24-10-12-26-13-11-24)21(28-4-2)15-18(20)23-22(25)9-5-7-17-8-6-14-29-17/h6,8,14-16H,3-5,7,9-13H2,1-2H3,(H,23,25). The van der Waals surface area contributed by atoms with Crippen LogP contribution in [0.2, 0.25) is 0 Å². The molecule has 0 spiro atoms. The Hall–Kier alpha value is -2.25. The number of rotatable bonds is 10. The molecule has 1 amide bonds. The molecule has 2 heterocycles. The predicted molar refractivity (Wildman–Crippen MR) is 118 cm³/mol. The van der Waals surface area contributed by atoms with Gasteiger partial charge in [-0.2, -0.15) is 0 Å². The Morgan fingerprint density at radius 1 is 1.17 bits per heavy atom. The third-order valence-electron chi connectivity index (χ3n) is 4.69. The van der Waals surface area contributed by atoms with Crippen molar-refractivity contribution in [2.75, 3.05) is 49.7 Å². The predicted octanol–water partition coefficient (Wildman–Crippen LogP) is 4.34. The number of amides is 1. The normalized spacial score (nSPS) is 13.9. The van der Waals surface area contributed by atoms with Gasteiger partial charge in [-0.05, 0) is 38.1 Å². The van der Waals surface area contributed by atoms with Crippen molar-refractivity contribution < 1.29 is 19.0 Å². The summed E-state index contributed by atoms with van der Waals surface area (Å²) in [5.41, 5.74) is 1.64. The number of aryl methyl sites for hydroxylation is 1. The van der Waals surface area contributed by atoms with Gasteiger partial charge in [-0.25, -0.2) is 0 Å². The fourth-order valence-electron chi connectivity index (χ4n) is 3.34. The first kappa shape index (κ1) is 21.5. The average Bonchev–Trinajstić information content (AvgIpc) is 3.24. The van der Waals surface area contributed by atoms with Gasteiger partial charge in [-0.15, -0.1) is 11.3 Å². The lowest BCUT2D eigenvalue weighted by Crippen LogP contribution is -2.36. The van der Waals surface area contributed by atoms with Gasteiger partial charge < -0.3 is 24.4 Å². The second-order valence-electron chi connectivity index (χ2n) is 6.76. The molecule has 1 fully saturated rings. The van der Waals surface area contributed by atoms with Gasteiger partial charge >= 0.3 is 0 Å². The minimum Gasteiger partial charge on any atom is -0.492 e. The van der Waals surface area contributed by atoms with Crippen LogP contribution in [0.1, 0.15) is 31.6 Å². The van der Waals surface area contributed by atoms with Crippen molar-refractivity contribution >= 4 is 28.6 Å². The van der Waals surface area contributed by atoms with Crippen LogP contribution in [0, 0.1) is 0 Å². The molecule has 1 aromatic carbocycles. The Kier molecular flexibility index (Phi) is 8.19. The summed E-state index contributed by atoms with van der Waals surface area (Å²) in [4.78, 5) is 16.1. The summed E-state index contributed by atoms with van der Waals surface area (Å²) in [7, 11) is 0. The number of anilines is 2. The zero-order valence-corrected chi connectivity index (χ0v) is 18.1. The number of benzene rings is 1. The number of hydrogen-bond donors (Lipinski definition) is 1. The second kappa shape index (κ2) is 11.1. The van der Waals surface area contributed by atoms with Crippen LogP contribution in [0.25, 0.3) is 0 Å². The van der Waals surface area contributed by atoms with E-state index >= 15 is 0 Å². The molecule has 2 aromatic rings. The number of nitrogens with zero attached hydrogens (tertiary/aromatic N) is 1. The maximum absolute atomic E-state index is 12.5. The monoisotopic (exact) mass is 418 g/mol. The highest BCUT2D eigenvalue weighted by Gasteiger charge is 2.20. The van der Waals surface area contributed by atoms with Crippen LogP contribution in [0.4, 0.5) is 11.4 Å². The van der Waals surface area contributed by atoms with Crippen molar-refractivity contribution in [1.82, 2.24) is 0 Å². The van der Waals surface area contributed by atoms with Crippen LogP contribution >= 0.6 is 11.3 Å². The molecular formula is C22H30N2O4S. The van der Waals surface area contributed by atoms with Crippen LogP contribution in [0.5, 0.6) is 11.5 Å². The van der Waals surface area contributed by atoms with Gasteiger partial charge in [-0.1, -0.05) is 6.07 Å². The van der Waals surface area contributed by atoms with E-state index in [0.29, 0.717) is 44.3 Å². The van der Waals surface area contributed by atoms with Crippen molar-refractivity contribution in [3.8, 4) is 11.5 Å². The second-order valence-corrected chi connectivity index (χ2v) is 7.79. The molecule has 3 rings (SSSR count). The summed E-state index contributed by atoms with van der Waals surface area (Å²) in [5.74, 6) is 1.42. The molecule has 0 unspecified atom stereocenters. The third kappa shape index (κ3) is 6.11. The van der Waals surface area contributed by atoms with Crippen LogP contribution in [-0.4, -0.2) is 45.4 Å². The number of carbonyl (C=O) groups excluding carboxylic acids is 1. The molecule has 1 aromatic heterocycles. The topological polar surface area (TPSA) is 60.0 Å². The van der Waals surface area contributed by atoms with E-state index in [9.17, 15) is 4.79 Å². The van der Waals surface area contributed by atoms with Crippen LogP contribution < -0.4 is 19.7 Å². The van der Waals surface area contributed by atoms with Gasteiger partial charge in [-0.3, -0.25) is 4.79 Å². The zero-order valence-electron chi connectivity index (χ0n) is 17.2. The average molecular weight is 419 g/mol. The molecule has 29 heavy (non-hydrogen) atoms. The molecule has 0 aliphatic carbocycles. The summed E-state index contributed by atoms with van der Waals surface area (Å²) in [5, 5.41) is 5.09. The lowest BCUT2D eigenvalue weighted by molar-refractivity contribution is -0.116. The highest BCUT2D eigenvalue weighted by molar-refractivity contribution is 7.09. The molecule has 1 aliphatic rings. The van der Waals surface area contributed by atoms with Crippen LogP contribution in [0.15, 0.2) is 29.6 Å². The highest BCUT2D eigenvalue weighted by Crippen LogP contribution is 2.39. The summed E-state index contributed by atoms with van der Waals surface area (Å²) in [6.45, 7) is 7.98. The van der Waals surface area contributed by atoms with Crippen LogP contribution in [0.3, 0.4) is 0 Å².